The molecule has 3 heterocycles. The Hall–Kier alpha value is -3.79. The van der Waals surface area contributed by atoms with E-state index in [2.05, 4.69) is 37.4 Å². The van der Waals surface area contributed by atoms with E-state index in [9.17, 15) is 4.79 Å². The summed E-state index contributed by atoms with van der Waals surface area (Å²) in [5, 5.41) is 14.9. The fourth-order valence-corrected chi connectivity index (χ4v) is 3.45. The van der Waals surface area contributed by atoms with Gasteiger partial charge in [0.2, 0.25) is 17.7 Å². The molecular formula is C21H24N8O2. The van der Waals surface area contributed by atoms with Crippen molar-refractivity contribution in [2.45, 2.75) is 25.4 Å². The van der Waals surface area contributed by atoms with Gasteiger partial charge in [-0.2, -0.15) is 4.98 Å². The Bertz CT molecular complexity index is 1040. The number of rotatable bonds is 7. The smallest absolute Gasteiger partial charge is 0.246 e. The van der Waals surface area contributed by atoms with Crippen molar-refractivity contribution in [1.29, 1.82) is 0 Å². The number of hydrogen-bond donors (Lipinski definition) is 3. The number of piperidine rings is 1. The minimum absolute atomic E-state index is 0.0381. The number of likely N-dealkylation sites (tertiary alicyclic amines) is 1. The molecule has 1 amide bonds. The summed E-state index contributed by atoms with van der Waals surface area (Å²) in [5.41, 5.74) is 8.05. The highest BCUT2D eigenvalue weighted by atomic mass is 16.3. The Morgan fingerprint density at radius 3 is 2.87 bits per heavy atom. The third-order valence-corrected chi connectivity index (χ3v) is 5.02. The topological polar surface area (TPSA) is 135 Å². The first kappa shape index (κ1) is 20.5. The Labute approximate surface area is 179 Å². The van der Waals surface area contributed by atoms with Crippen molar-refractivity contribution in [3.05, 3.63) is 55.1 Å². The molecule has 0 radical (unpaired) electrons. The van der Waals surface area contributed by atoms with Gasteiger partial charge < -0.3 is 25.7 Å². The largest absolute Gasteiger partial charge is 0.445 e. The zero-order chi connectivity index (χ0) is 21.6. The molecule has 160 valence electrons. The van der Waals surface area contributed by atoms with E-state index in [1.165, 1.54) is 12.3 Å². The van der Waals surface area contributed by atoms with Crippen LogP contribution in [0.5, 0.6) is 0 Å². The molecule has 1 aromatic carbocycles. The minimum Gasteiger partial charge on any atom is -0.445 e. The molecule has 10 nitrogen and oxygen atoms in total. The number of nitrogens with one attached hydrogen (secondary N) is 2. The van der Waals surface area contributed by atoms with Crippen molar-refractivity contribution in [3.8, 4) is 11.5 Å². The molecule has 0 aliphatic carbocycles. The van der Waals surface area contributed by atoms with Crippen molar-refractivity contribution in [2.75, 3.05) is 23.7 Å². The molecule has 0 bridgehead atoms. The number of benzene rings is 1. The number of aromatic nitrogens is 4. The van der Waals surface area contributed by atoms with Crippen LogP contribution in [0.2, 0.25) is 0 Å². The molecule has 1 saturated heterocycles. The Morgan fingerprint density at radius 2 is 2.16 bits per heavy atom. The lowest BCUT2D eigenvalue weighted by molar-refractivity contribution is -0.127. The zero-order valence-corrected chi connectivity index (χ0v) is 17.0. The zero-order valence-electron chi connectivity index (χ0n) is 17.0. The third kappa shape index (κ3) is 4.86. The van der Waals surface area contributed by atoms with Gasteiger partial charge in [0.05, 0.1) is 6.20 Å². The van der Waals surface area contributed by atoms with Gasteiger partial charge in [0.25, 0.3) is 0 Å². The van der Waals surface area contributed by atoms with Crippen LogP contribution in [0.15, 0.2) is 53.8 Å². The minimum atomic E-state index is -0.0698. The third-order valence-electron chi connectivity index (χ3n) is 5.02. The number of hydrogen-bond acceptors (Lipinski definition) is 9. The molecule has 31 heavy (non-hydrogen) atoms. The van der Waals surface area contributed by atoms with Crippen LogP contribution >= 0.6 is 0 Å². The lowest BCUT2D eigenvalue weighted by atomic mass is 10.1. The van der Waals surface area contributed by atoms with Crippen molar-refractivity contribution < 1.29 is 9.21 Å². The van der Waals surface area contributed by atoms with Crippen LogP contribution in [0.25, 0.3) is 11.5 Å². The molecule has 3 aromatic rings. The van der Waals surface area contributed by atoms with Crippen molar-refractivity contribution in [2.24, 2.45) is 5.73 Å². The maximum atomic E-state index is 11.9. The summed E-state index contributed by atoms with van der Waals surface area (Å²) >= 11 is 0. The summed E-state index contributed by atoms with van der Waals surface area (Å²) in [5.74, 6) is 1.40. The van der Waals surface area contributed by atoms with Crippen LogP contribution in [0.4, 0.5) is 17.5 Å². The molecule has 1 fully saturated rings. The Balaban J connectivity index is 1.47. The normalized spacial score (nSPS) is 16.0. The standard InChI is InChI=1S/C21H24N8O2/c1-2-18(30)29-10-3-4-16(13-29)25-21-26-19(17(12-22)27-28-21)24-15-7-5-14(6-8-15)20-23-9-11-31-20/h2,5-9,11,16H,1,3-4,10,12-13,22H2,(H2,24,25,26,28)/t16-/m1/s1. The van der Waals surface area contributed by atoms with E-state index >= 15 is 0 Å². The van der Waals surface area contributed by atoms with Crippen LogP contribution < -0.4 is 16.4 Å². The number of amides is 1. The Morgan fingerprint density at radius 1 is 1.32 bits per heavy atom. The lowest BCUT2D eigenvalue weighted by Crippen LogP contribution is -2.44. The molecule has 2 aromatic heterocycles. The molecule has 1 aliphatic heterocycles. The molecule has 4 rings (SSSR count). The first-order valence-electron chi connectivity index (χ1n) is 10.0. The fourth-order valence-electron chi connectivity index (χ4n) is 3.45. The highest BCUT2D eigenvalue weighted by Gasteiger charge is 2.23. The molecule has 4 N–H and O–H groups in total. The first-order valence-corrected chi connectivity index (χ1v) is 10.0. The predicted molar refractivity (Wildman–Crippen MR) is 116 cm³/mol. The van der Waals surface area contributed by atoms with Gasteiger partial charge in [-0.3, -0.25) is 4.79 Å². The van der Waals surface area contributed by atoms with Crippen LogP contribution in [-0.4, -0.2) is 50.1 Å². The predicted octanol–water partition coefficient (Wildman–Crippen LogP) is 2.32. The highest BCUT2D eigenvalue weighted by molar-refractivity contribution is 5.87. The average molecular weight is 420 g/mol. The summed E-state index contributed by atoms with van der Waals surface area (Å²) in [6.07, 6.45) is 6.29. The maximum absolute atomic E-state index is 11.9. The number of nitrogens with zero attached hydrogens (tertiary/aromatic N) is 5. The lowest BCUT2D eigenvalue weighted by Gasteiger charge is -2.32. The average Bonchev–Trinajstić information content (AvgIpc) is 3.34. The molecule has 0 saturated carbocycles. The number of carbonyl (C=O) groups excluding carboxylic acids is 1. The molecule has 10 heteroatoms. The highest BCUT2D eigenvalue weighted by Crippen LogP contribution is 2.23. The van der Waals surface area contributed by atoms with E-state index in [0.29, 0.717) is 29.9 Å². The SMILES string of the molecule is C=CC(=O)N1CCC[C@@H](Nc2nnc(CN)c(Nc3ccc(-c4ncco4)cc3)n2)C1. The maximum Gasteiger partial charge on any atom is 0.246 e. The summed E-state index contributed by atoms with van der Waals surface area (Å²) in [6.45, 7) is 5.05. The first-order chi connectivity index (χ1) is 15.2. The number of oxazole rings is 1. The fraction of sp³-hybridized carbons (Fsp3) is 0.286. The van der Waals surface area contributed by atoms with E-state index in [-0.39, 0.29) is 18.5 Å². The van der Waals surface area contributed by atoms with Gasteiger partial charge in [-0.05, 0) is 43.2 Å². The van der Waals surface area contributed by atoms with Crippen LogP contribution in [0.3, 0.4) is 0 Å². The second-order valence-corrected chi connectivity index (χ2v) is 7.15. The number of nitrogens with two attached hydrogens (primary N) is 1. The Kier molecular flexibility index (Phi) is 6.18. The molecule has 1 aliphatic rings. The van der Waals surface area contributed by atoms with Gasteiger partial charge in [-0.25, -0.2) is 4.98 Å². The van der Waals surface area contributed by atoms with Crippen molar-refractivity contribution in [1.82, 2.24) is 25.1 Å². The van der Waals surface area contributed by atoms with Crippen LogP contribution in [0.1, 0.15) is 18.5 Å². The van der Waals surface area contributed by atoms with Gasteiger partial charge in [-0.15, -0.1) is 10.2 Å². The van der Waals surface area contributed by atoms with Gasteiger partial charge in [-0.1, -0.05) is 6.58 Å². The van der Waals surface area contributed by atoms with Crippen molar-refractivity contribution >= 4 is 23.4 Å². The summed E-state index contributed by atoms with van der Waals surface area (Å²) in [7, 11) is 0. The monoisotopic (exact) mass is 420 g/mol. The van der Waals surface area contributed by atoms with E-state index in [1.54, 1.807) is 11.1 Å². The summed E-state index contributed by atoms with van der Waals surface area (Å²) < 4.78 is 5.31. The van der Waals surface area contributed by atoms with E-state index in [0.717, 1.165) is 30.6 Å². The second-order valence-electron chi connectivity index (χ2n) is 7.15. The summed E-state index contributed by atoms with van der Waals surface area (Å²) in [6, 6.07) is 7.63. The van der Waals surface area contributed by atoms with E-state index in [4.69, 9.17) is 10.2 Å². The molecule has 0 spiro atoms. The van der Waals surface area contributed by atoms with Gasteiger partial charge in [0.15, 0.2) is 5.82 Å². The van der Waals surface area contributed by atoms with Crippen LogP contribution in [-0.2, 0) is 11.3 Å². The second kappa shape index (κ2) is 9.35. The molecule has 0 unspecified atom stereocenters. The summed E-state index contributed by atoms with van der Waals surface area (Å²) in [4.78, 5) is 22.4. The van der Waals surface area contributed by atoms with Crippen molar-refractivity contribution in [3.63, 3.8) is 0 Å². The van der Waals surface area contributed by atoms with E-state index < -0.39 is 0 Å². The van der Waals surface area contributed by atoms with E-state index in [1.807, 2.05) is 24.3 Å². The molecular weight excluding hydrogens is 396 g/mol. The number of carbonyl (C=O) groups is 1. The van der Waals surface area contributed by atoms with Gasteiger partial charge >= 0.3 is 0 Å². The number of anilines is 3. The molecule has 1 atom stereocenters. The van der Waals surface area contributed by atoms with Crippen LogP contribution in [0, 0.1) is 0 Å². The van der Waals surface area contributed by atoms with Gasteiger partial charge in [0, 0.05) is 36.9 Å². The quantitative estimate of drug-likeness (QED) is 0.492. The van der Waals surface area contributed by atoms with Gasteiger partial charge in [0.1, 0.15) is 12.0 Å².